The smallest absolute Gasteiger partial charge is 0.323 e. The fourth-order valence-electron chi connectivity index (χ4n) is 1.64. The van der Waals surface area contributed by atoms with E-state index in [4.69, 9.17) is 5.73 Å². The van der Waals surface area contributed by atoms with Crippen LogP contribution in [-0.2, 0) is 6.18 Å². The molecule has 0 saturated heterocycles. The third-order valence-electron chi connectivity index (χ3n) is 2.85. The van der Waals surface area contributed by atoms with Crippen LogP contribution in [0.25, 0.3) is 5.69 Å². The second-order valence-corrected chi connectivity index (χ2v) is 4.27. The lowest BCUT2D eigenvalue weighted by Crippen LogP contribution is -2.09. The summed E-state index contributed by atoms with van der Waals surface area (Å²) in [6, 6.07) is 1.72. The maximum Gasteiger partial charge on any atom is 0.416 e. The predicted molar refractivity (Wildman–Crippen MR) is 63.5 cm³/mol. The van der Waals surface area contributed by atoms with Crippen LogP contribution in [0.15, 0.2) is 24.4 Å². The Balaban J connectivity index is 2.44. The van der Waals surface area contributed by atoms with E-state index in [0.29, 0.717) is 24.2 Å². The number of alkyl halides is 3. The molecule has 0 saturated carbocycles. The second-order valence-electron chi connectivity index (χ2n) is 4.27. The van der Waals surface area contributed by atoms with Crippen molar-refractivity contribution in [1.29, 1.82) is 0 Å². The average molecular weight is 288 g/mol. The summed E-state index contributed by atoms with van der Waals surface area (Å²) >= 11 is 0. The Morgan fingerprint density at radius 1 is 1.35 bits per heavy atom. The van der Waals surface area contributed by atoms with Gasteiger partial charge in [-0.3, -0.25) is 0 Å². The van der Waals surface area contributed by atoms with E-state index in [0.717, 1.165) is 10.7 Å². The molecule has 0 bridgehead atoms. The van der Waals surface area contributed by atoms with Gasteiger partial charge in [-0.1, -0.05) is 12.1 Å². The fourth-order valence-corrected chi connectivity index (χ4v) is 1.64. The zero-order valence-corrected chi connectivity index (χ0v) is 10.5. The van der Waals surface area contributed by atoms with E-state index in [9.17, 15) is 17.6 Å². The molecule has 4 nitrogen and oxygen atoms in total. The minimum absolute atomic E-state index is 0.318. The van der Waals surface area contributed by atoms with Crippen molar-refractivity contribution in [1.82, 2.24) is 15.0 Å². The number of rotatable bonds is 3. The van der Waals surface area contributed by atoms with Gasteiger partial charge in [0.05, 0.1) is 23.5 Å². The first-order chi connectivity index (χ1) is 9.32. The number of hydrogen-bond donors (Lipinski definition) is 1. The molecule has 0 spiro atoms. The van der Waals surface area contributed by atoms with Crippen LogP contribution in [0.3, 0.4) is 0 Å². The molecule has 0 aliphatic heterocycles. The molecule has 1 aromatic heterocycles. The molecule has 0 aliphatic carbocycles. The van der Waals surface area contributed by atoms with E-state index >= 15 is 0 Å². The van der Waals surface area contributed by atoms with Gasteiger partial charge in [0.1, 0.15) is 11.5 Å². The maximum absolute atomic E-state index is 13.6. The van der Waals surface area contributed by atoms with Crippen LogP contribution in [0.2, 0.25) is 0 Å². The molecule has 1 atom stereocenters. The number of benzene rings is 1. The van der Waals surface area contributed by atoms with Crippen molar-refractivity contribution in [2.75, 3.05) is 0 Å². The largest absolute Gasteiger partial charge is 0.416 e. The summed E-state index contributed by atoms with van der Waals surface area (Å²) in [5.74, 6) is -0.820. The monoisotopic (exact) mass is 288 g/mol. The highest BCUT2D eigenvalue weighted by Gasteiger charge is 2.31. The van der Waals surface area contributed by atoms with E-state index in [1.54, 1.807) is 0 Å². The summed E-state index contributed by atoms with van der Waals surface area (Å²) in [5, 5.41) is 7.36. The second kappa shape index (κ2) is 5.20. The van der Waals surface area contributed by atoms with Gasteiger partial charge >= 0.3 is 6.18 Å². The van der Waals surface area contributed by atoms with Crippen molar-refractivity contribution in [2.45, 2.75) is 25.6 Å². The van der Waals surface area contributed by atoms with Gasteiger partial charge in [-0.25, -0.2) is 9.07 Å². The lowest BCUT2D eigenvalue weighted by molar-refractivity contribution is -0.137. The lowest BCUT2D eigenvalue weighted by atomic mass is 10.1. The van der Waals surface area contributed by atoms with E-state index in [1.165, 1.54) is 6.20 Å². The van der Waals surface area contributed by atoms with Crippen LogP contribution >= 0.6 is 0 Å². The molecule has 0 fully saturated rings. The summed E-state index contributed by atoms with van der Waals surface area (Å²) in [6.07, 6.45) is -2.64. The van der Waals surface area contributed by atoms with Crippen molar-refractivity contribution < 1.29 is 17.6 Å². The molecule has 0 radical (unpaired) electrons. The zero-order chi connectivity index (χ0) is 14.9. The summed E-state index contributed by atoms with van der Waals surface area (Å²) in [4.78, 5) is 0. The first kappa shape index (κ1) is 14.4. The first-order valence-electron chi connectivity index (χ1n) is 5.88. The molecule has 0 aliphatic rings. The normalized spacial score (nSPS) is 13.5. The minimum Gasteiger partial charge on any atom is -0.323 e. The number of hydrogen-bond acceptors (Lipinski definition) is 3. The average Bonchev–Trinajstić information content (AvgIpc) is 2.86. The summed E-state index contributed by atoms with van der Waals surface area (Å²) in [7, 11) is 0. The summed E-state index contributed by atoms with van der Waals surface area (Å²) < 4.78 is 52.4. The van der Waals surface area contributed by atoms with Gasteiger partial charge in [0.25, 0.3) is 0 Å². The van der Waals surface area contributed by atoms with Gasteiger partial charge in [0.15, 0.2) is 0 Å². The highest BCUT2D eigenvalue weighted by molar-refractivity contribution is 5.38. The van der Waals surface area contributed by atoms with Crippen molar-refractivity contribution in [2.24, 2.45) is 5.73 Å². The maximum atomic E-state index is 13.6. The number of aromatic nitrogens is 3. The molecule has 8 heteroatoms. The van der Waals surface area contributed by atoms with Crippen LogP contribution in [0.1, 0.15) is 30.6 Å². The molecule has 20 heavy (non-hydrogen) atoms. The summed E-state index contributed by atoms with van der Waals surface area (Å²) in [6.45, 7) is 1.83. The van der Waals surface area contributed by atoms with Gasteiger partial charge in [-0.05, 0) is 24.6 Å². The molecule has 2 N–H and O–H groups in total. The van der Waals surface area contributed by atoms with Gasteiger partial charge < -0.3 is 5.73 Å². The lowest BCUT2D eigenvalue weighted by Gasteiger charge is -2.09. The van der Waals surface area contributed by atoms with Crippen LogP contribution in [0, 0.1) is 5.82 Å². The van der Waals surface area contributed by atoms with Crippen molar-refractivity contribution in [3.8, 4) is 5.69 Å². The third kappa shape index (κ3) is 2.79. The van der Waals surface area contributed by atoms with Gasteiger partial charge in [-0.15, -0.1) is 5.10 Å². The van der Waals surface area contributed by atoms with Gasteiger partial charge in [0.2, 0.25) is 0 Å². The van der Waals surface area contributed by atoms with E-state index < -0.39 is 23.6 Å². The molecule has 2 rings (SSSR count). The predicted octanol–water partition coefficient (Wildman–Crippen LogP) is 2.83. The minimum atomic E-state index is -4.55. The van der Waals surface area contributed by atoms with Gasteiger partial charge in [-0.2, -0.15) is 13.2 Å². The quantitative estimate of drug-likeness (QED) is 0.884. The molecule has 1 heterocycles. The highest BCUT2D eigenvalue weighted by atomic mass is 19.4. The Labute approximate surface area is 112 Å². The Morgan fingerprint density at radius 2 is 2.05 bits per heavy atom. The van der Waals surface area contributed by atoms with E-state index in [2.05, 4.69) is 10.3 Å². The molecule has 1 unspecified atom stereocenters. The topological polar surface area (TPSA) is 56.7 Å². The molecular weight excluding hydrogens is 276 g/mol. The number of nitrogens with zero attached hydrogens (tertiary/aromatic N) is 3. The SMILES string of the molecule is CCC(N)c1cn(-c2cc(C(F)(F)F)ccc2F)nn1. The highest BCUT2D eigenvalue weighted by Crippen LogP contribution is 2.31. The van der Waals surface area contributed by atoms with Crippen LogP contribution in [-0.4, -0.2) is 15.0 Å². The Hall–Kier alpha value is -1.96. The van der Waals surface area contributed by atoms with Crippen LogP contribution in [0.4, 0.5) is 17.6 Å². The molecule has 108 valence electrons. The Bertz CT molecular complexity index is 606. The van der Waals surface area contributed by atoms with Crippen LogP contribution in [0.5, 0.6) is 0 Å². The van der Waals surface area contributed by atoms with Crippen molar-refractivity contribution in [3.63, 3.8) is 0 Å². The summed E-state index contributed by atoms with van der Waals surface area (Å²) in [5.41, 5.74) is 4.86. The molecule has 1 aromatic carbocycles. The van der Waals surface area contributed by atoms with E-state index in [1.807, 2.05) is 6.92 Å². The standard InChI is InChI=1S/C12H12F4N4/c1-2-9(17)10-6-20(19-18-10)11-5-7(12(14,15)16)3-4-8(11)13/h3-6,9H,2,17H2,1H3. The Kier molecular flexibility index (Phi) is 3.76. The molecule has 0 amide bonds. The first-order valence-corrected chi connectivity index (χ1v) is 5.88. The third-order valence-corrected chi connectivity index (χ3v) is 2.85. The Morgan fingerprint density at radius 3 is 2.65 bits per heavy atom. The molecular formula is C12H12F4N4. The molecule has 2 aromatic rings. The van der Waals surface area contributed by atoms with Gasteiger partial charge in [0, 0.05) is 0 Å². The zero-order valence-electron chi connectivity index (χ0n) is 10.5. The fraction of sp³-hybridized carbons (Fsp3) is 0.333. The number of nitrogens with two attached hydrogens (primary N) is 1. The number of halogens is 4. The van der Waals surface area contributed by atoms with Crippen molar-refractivity contribution >= 4 is 0 Å². The van der Waals surface area contributed by atoms with Crippen molar-refractivity contribution in [3.05, 3.63) is 41.5 Å². The van der Waals surface area contributed by atoms with E-state index in [-0.39, 0.29) is 5.69 Å². The van der Waals surface area contributed by atoms with Crippen LogP contribution < -0.4 is 5.73 Å².